The van der Waals surface area contributed by atoms with Crippen molar-refractivity contribution < 1.29 is 13.9 Å². The second-order valence-corrected chi connectivity index (χ2v) is 4.16. The molecule has 1 saturated carbocycles. The SMILES string of the molecule is OC(CCc1ccccc1)C1CC1(F)F. The Kier molecular flexibility index (Phi) is 2.74. The molecule has 0 aliphatic heterocycles. The van der Waals surface area contributed by atoms with Gasteiger partial charge in [0.05, 0.1) is 12.0 Å². The van der Waals surface area contributed by atoms with Crippen molar-refractivity contribution in [3.63, 3.8) is 0 Å². The Balaban J connectivity index is 1.80. The molecule has 1 aliphatic rings. The molecule has 1 nitrogen and oxygen atoms in total. The lowest BCUT2D eigenvalue weighted by molar-refractivity contribution is 0.0451. The van der Waals surface area contributed by atoms with E-state index in [0.717, 1.165) is 5.56 Å². The van der Waals surface area contributed by atoms with Crippen LogP contribution in [-0.2, 0) is 6.42 Å². The molecule has 2 rings (SSSR count). The maximum absolute atomic E-state index is 12.6. The van der Waals surface area contributed by atoms with Crippen molar-refractivity contribution in [1.29, 1.82) is 0 Å². The van der Waals surface area contributed by atoms with Crippen molar-refractivity contribution in [3.8, 4) is 0 Å². The fourth-order valence-corrected chi connectivity index (χ4v) is 1.81. The van der Waals surface area contributed by atoms with Gasteiger partial charge in [0.25, 0.3) is 5.92 Å². The molecule has 0 amide bonds. The second kappa shape index (κ2) is 3.89. The zero-order chi connectivity index (χ0) is 10.9. The fraction of sp³-hybridized carbons (Fsp3) is 0.500. The van der Waals surface area contributed by atoms with E-state index in [1.165, 1.54) is 0 Å². The van der Waals surface area contributed by atoms with Gasteiger partial charge in [0.2, 0.25) is 0 Å². The van der Waals surface area contributed by atoms with Crippen LogP contribution in [-0.4, -0.2) is 17.1 Å². The number of alkyl halides is 2. The average molecular weight is 212 g/mol. The van der Waals surface area contributed by atoms with Gasteiger partial charge in [0, 0.05) is 6.42 Å². The van der Waals surface area contributed by atoms with Gasteiger partial charge < -0.3 is 5.11 Å². The van der Waals surface area contributed by atoms with Crippen molar-refractivity contribution in [2.45, 2.75) is 31.3 Å². The number of hydrogen-bond donors (Lipinski definition) is 1. The molecule has 0 radical (unpaired) electrons. The maximum Gasteiger partial charge on any atom is 0.254 e. The van der Waals surface area contributed by atoms with Crippen molar-refractivity contribution >= 4 is 0 Å². The first-order valence-corrected chi connectivity index (χ1v) is 5.19. The second-order valence-electron chi connectivity index (χ2n) is 4.16. The number of aryl methyl sites for hydroxylation is 1. The largest absolute Gasteiger partial charge is 0.393 e. The summed E-state index contributed by atoms with van der Waals surface area (Å²) in [5.74, 6) is -3.42. The van der Waals surface area contributed by atoms with Gasteiger partial charge in [-0.05, 0) is 18.4 Å². The van der Waals surface area contributed by atoms with Crippen LogP contribution in [0.25, 0.3) is 0 Å². The Morgan fingerprint density at radius 2 is 1.93 bits per heavy atom. The Labute approximate surface area is 87.7 Å². The molecule has 0 heterocycles. The predicted octanol–water partition coefficient (Wildman–Crippen LogP) is 2.64. The third-order valence-corrected chi connectivity index (χ3v) is 2.91. The first kappa shape index (κ1) is 10.6. The van der Waals surface area contributed by atoms with Gasteiger partial charge in [-0.1, -0.05) is 30.3 Å². The average Bonchev–Trinajstić information content (AvgIpc) is 2.86. The zero-order valence-electron chi connectivity index (χ0n) is 8.37. The molecule has 15 heavy (non-hydrogen) atoms. The lowest BCUT2D eigenvalue weighted by atomic mass is 10.0. The predicted molar refractivity (Wildman–Crippen MR) is 53.8 cm³/mol. The van der Waals surface area contributed by atoms with Crippen LogP contribution in [0.2, 0.25) is 0 Å². The van der Waals surface area contributed by atoms with Crippen molar-refractivity contribution in [3.05, 3.63) is 35.9 Å². The van der Waals surface area contributed by atoms with Crippen LogP contribution >= 0.6 is 0 Å². The molecular formula is C12H14F2O. The van der Waals surface area contributed by atoms with E-state index in [9.17, 15) is 13.9 Å². The van der Waals surface area contributed by atoms with E-state index >= 15 is 0 Å². The molecule has 1 aliphatic carbocycles. The number of aliphatic hydroxyl groups excluding tert-OH is 1. The smallest absolute Gasteiger partial charge is 0.254 e. The molecule has 0 spiro atoms. The van der Waals surface area contributed by atoms with E-state index < -0.39 is 17.9 Å². The minimum absolute atomic E-state index is 0.150. The summed E-state index contributed by atoms with van der Waals surface area (Å²) in [6, 6.07) is 9.62. The molecule has 0 bridgehead atoms. The van der Waals surface area contributed by atoms with E-state index in [2.05, 4.69) is 0 Å². The van der Waals surface area contributed by atoms with Gasteiger partial charge in [-0.25, -0.2) is 8.78 Å². The Hall–Kier alpha value is -0.960. The quantitative estimate of drug-likeness (QED) is 0.813. The molecule has 2 atom stereocenters. The molecule has 1 aromatic carbocycles. The zero-order valence-corrected chi connectivity index (χ0v) is 8.37. The minimum Gasteiger partial charge on any atom is -0.393 e. The van der Waals surface area contributed by atoms with Crippen LogP contribution in [0.3, 0.4) is 0 Å². The summed E-state index contributed by atoms with van der Waals surface area (Å²) in [7, 11) is 0. The minimum atomic E-state index is -2.61. The Morgan fingerprint density at radius 1 is 1.33 bits per heavy atom. The third kappa shape index (κ3) is 2.53. The molecule has 2 unspecified atom stereocenters. The van der Waals surface area contributed by atoms with Crippen LogP contribution < -0.4 is 0 Å². The standard InChI is InChI=1S/C12H14F2O/c13-12(14)8-10(12)11(15)7-6-9-4-2-1-3-5-9/h1-5,10-11,15H,6-8H2. The molecule has 1 fully saturated rings. The summed E-state index contributed by atoms with van der Waals surface area (Å²) in [4.78, 5) is 0. The van der Waals surface area contributed by atoms with E-state index in [-0.39, 0.29) is 6.42 Å². The molecule has 3 heteroatoms. The van der Waals surface area contributed by atoms with Crippen LogP contribution in [0.5, 0.6) is 0 Å². The van der Waals surface area contributed by atoms with E-state index in [1.54, 1.807) is 0 Å². The summed E-state index contributed by atoms with van der Waals surface area (Å²) in [5.41, 5.74) is 1.08. The van der Waals surface area contributed by atoms with Crippen molar-refractivity contribution in [2.75, 3.05) is 0 Å². The fourth-order valence-electron chi connectivity index (χ4n) is 1.81. The summed E-state index contributed by atoms with van der Waals surface area (Å²) >= 11 is 0. The van der Waals surface area contributed by atoms with Crippen LogP contribution in [0.4, 0.5) is 8.78 Å². The number of hydrogen-bond acceptors (Lipinski definition) is 1. The highest BCUT2D eigenvalue weighted by molar-refractivity contribution is 5.15. The van der Waals surface area contributed by atoms with Gasteiger partial charge in [-0.15, -0.1) is 0 Å². The van der Waals surface area contributed by atoms with Crippen LogP contribution in [0.15, 0.2) is 30.3 Å². The van der Waals surface area contributed by atoms with Gasteiger partial charge >= 0.3 is 0 Å². The van der Waals surface area contributed by atoms with Crippen LogP contribution in [0, 0.1) is 5.92 Å². The lowest BCUT2D eigenvalue weighted by Gasteiger charge is -2.09. The molecule has 82 valence electrons. The summed E-state index contributed by atoms with van der Waals surface area (Å²) in [6.45, 7) is 0. The third-order valence-electron chi connectivity index (χ3n) is 2.91. The van der Waals surface area contributed by atoms with E-state index in [1.807, 2.05) is 30.3 Å². The molecule has 1 N–H and O–H groups in total. The van der Waals surface area contributed by atoms with Gasteiger partial charge in [0.15, 0.2) is 0 Å². The van der Waals surface area contributed by atoms with E-state index in [0.29, 0.717) is 12.8 Å². The number of rotatable bonds is 4. The highest BCUT2D eigenvalue weighted by Crippen LogP contribution is 2.51. The highest BCUT2D eigenvalue weighted by Gasteiger charge is 2.59. The Morgan fingerprint density at radius 3 is 2.47 bits per heavy atom. The van der Waals surface area contributed by atoms with Crippen molar-refractivity contribution in [1.82, 2.24) is 0 Å². The van der Waals surface area contributed by atoms with E-state index in [4.69, 9.17) is 0 Å². The van der Waals surface area contributed by atoms with Gasteiger partial charge in [-0.3, -0.25) is 0 Å². The lowest BCUT2D eigenvalue weighted by Crippen LogP contribution is -2.15. The number of aliphatic hydroxyl groups is 1. The molecule has 0 aromatic heterocycles. The first-order chi connectivity index (χ1) is 7.09. The summed E-state index contributed by atoms with van der Waals surface area (Å²) < 4.78 is 25.2. The molecule has 0 saturated heterocycles. The summed E-state index contributed by atoms with van der Waals surface area (Å²) in [5, 5.41) is 9.51. The highest BCUT2D eigenvalue weighted by atomic mass is 19.3. The Bertz CT molecular complexity index is 324. The van der Waals surface area contributed by atoms with Gasteiger partial charge in [-0.2, -0.15) is 0 Å². The molecule has 1 aromatic rings. The van der Waals surface area contributed by atoms with Gasteiger partial charge in [0.1, 0.15) is 0 Å². The number of benzene rings is 1. The topological polar surface area (TPSA) is 20.2 Å². The first-order valence-electron chi connectivity index (χ1n) is 5.19. The normalized spacial score (nSPS) is 24.9. The summed E-state index contributed by atoms with van der Waals surface area (Å²) in [6.07, 6.45) is 0.0714. The monoisotopic (exact) mass is 212 g/mol. The van der Waals surface area contributed by atoms with Crippen molar-refractivity contribution in [2.24, 2.45) is 5.92 Å². The molecular weight excluding hydrogens is 198 g/mol. The maximum atomic E-state index is 12.6. The number of halogens is 2. The van der Waals surface area contributed by atoms with Crippen LogP contribution in [0.1, 0.15) is 18.4 Å².